The van der Waals surface area contributed by atoms with Crippen LogP contribution in [0.25, 0.3) is 0 Å². The van der Waals surface area contributed by atoms with Gasteiger partial charge in [0.25, 0.3) is 0 Å². The molecule has 1 aliphatic heterocycles. The molecule has 1 saturated heterocycles. The highest BCUT2D eigenvalue weighted by Gasteiger charge is 2.41. The van der Waals surface area contributed by atoms with E-state index in [4.69, 9.17) is 5.11 Å². The lowest BCUT2D eigenvalue weighted by Crippen LogP contribution is -2.29. The summed E-state index contributed by atoms with van der Waals surface area (Å²) < 4.78 is 42.8. The topological polar surface area (TPSA) is 66.8 Å². The largest absolute Gasteiger partial charge is 0.478 e. The Bertz CT molecular complexity index is 529. The number of hydrogen-bond acceptors (Lipinski definition) is 3. The molecule has 1 amide bonds. The minimum absolute atomic E-state index is 0.413. The fraction of sp³-hybridized carbons (Fsp3) is 0.273. The lowest BCUT2D eigenvalue weighted by Gasteiger charge is -2.18. The SMILES string of the molecule is O=C(O)[C@H]1CN(c2ccccc2C(F)(F)F)C(=O)O1. The van der Waals surface area contributed by atoms with Gasteiger partial charge < -0.3 is 9.84 Å². The third-order valence-electron chi connectivity index (χ3n) is 2.59. The number of carbonyl (C=O) groups excluding carboxylic acids is 1. The Morgan fingerprint density at radius 3 is 2.53 bits per heavy atom. The molecule has 0 radical (unpaired) electrons. The van der Waals surface area contributed by atoms with Gasteiger partial charge in [0, 0.05) is 0 Å². The van der Waals surface area contributed by atoms with Crippen LogP contribution in [0.15, 0.2) is 24.3 Å². The van der Waals surface area contributed by atoms with Crippen molar-refractivity contribution in [1.82, 2.24) is 0 Å². The van der Waals surface area contributed by atoms with Crippen LogP contribution in [0.3, 0.4) is 0 Å². The van der Waals surface area contributed by atoms with Crippen molar-refractivity contribution in [3.05, 3.63) is 29.8 Å². The van der Waals surface area contributed by atoms with Crippen LogP contribution in [0.1, 0.15) is 5.56 Å². The van der Waals surface area contributed by atoms with Crippen molar-refractivity contribution in [3.63, 3.8) is 0 Å². The first-order valence-corrected chi connectivity index (χ1v) is 5.18. The van der Waals surface area contributed by atoms with E-state index in [-0.39, 0.29) is 0 Å². The molecule has 5 nitrogen and oxygen atoms in total. The molecule has 1 aromatic carbocycles. The number of alkyl halides is 3. The van der Waals surface area contributed by atoms with Gasteiger partial charge in [0.2, 0.25) is 6.10 Å². The Balaban J connectivity index is 2.38. The van der Waals surface area contributed by atoms with E-state index >= 15 is 0 Å². The van der Waals surface area contributed by atoms with Gasteiger partial charge >= 0.3 is 18.2 Å². The lowest BCUT2D eigenvalue weighted by molar-refractivity contribution is -0.144. The highest BCUT2D eigenvalue weighted by atomic mass is 19.4. The first kappa shape index (κ1) is 13.2. The summed E-state index contributed by atoms with van der Waals surface area (Å²) in [4.78, 5) is 22.8. The maximum Gasteiger partial charge on any atom is 0.418 e. The molecule has 0 bridgehead atoms. The number of carboxylic acids is 1. The molecule has 1 N–H and O–H groups in total. The number of para-hydroxylation sites is 1. The van der Waals surface area contributed by atoms with Gasteiger partial charge in [-0.3, -0.25) is 4.90 Å². The molecule has 1 atom stereocenters. The van der Waals surface area contributed by atoms with Crippen LogP contribution in [0.4, 0.5) is 23.7 Å². The molecule has 0 unspecified atom stereocenters. The summed E-state index contributed by atoms with van der Waals surface area (Å²) >= 11 is 0. The molecule has 2 rings (SSSR count). The molecule has 102 valence electrons. The van der Waals surface area contributed by atoms with Crippen LogP contribution < -0.4 is 4.90 Å². The number of carbonyl (C=O) groups is 2. The number of amides is 1. The minimum atomic E-state index is -4.64. The van der Waals surface area contributed by atoms with Gasteiger partial charge in [-0.05, 0) is 12.1 Å². The number of hydrogen-bond donors (Lipinski definition) is 1. The standard InChI is InChI=1S/C11H8F3NO4/c12-11(13,14)6-3-1-2-4-7(6)15-5-8(9(16)17)19-10(15)18/h1-4,8H,5H2,(H,16,17)/t8-/m1/s1. The van der Waals surface area contributed by atoms with Crippen molar-refractivity contribution in [2.24, 2.45) is 0 Å². The Hall–Kier alpha value is -2.25. The van der Waals surface area contributed by atoms with Gasteiger partial charge in [-0.1, -0.05) is 12.1 Å². The molecule has 0 spiro atoms. The zero-order valence-electron chi connectivity index (χ0n) is 9.35. The quantitative estimate of drug-likeness (QED) is 0.897. The van der Waals surface area contributed by atoms with E-state index in [1.54, 1.807) is 0 Å². The molecular formula is C11H8F3NO4. The Kier molecular flexibility index (Phi) is 3.09. The van der Waals surface area contributed by atoms with E-state index in [0.29, 0.717) is 4.90 Å². The highest BCUT2D eigenvalue weighted by Crippen LogP contribution is 2.37. The zero-order chi connectivity index (χ0) is 14.2. The molecule has 0 aliphatic carbocycles. The maximum atomic E-state index is 12.8. The summed E-state index contributed by atoms with van der Waals surface area (Å²) in [7, 11) is 0. The van der Waals surface area contributed by atoms with Gasteiger partial charge in [0.1, 0.15) is 0 Å². The second-order valence-electron chi connectivity index (χ2n) is 3.84. The summed E-state index contributed by atoms with van der Waals surface area (Å²) in [5.41, 5.74) is -1.43. The molecule has 1 heterocycles. The van der Waals surface area contributed by atoms with Crippen LogP contribution in [0, 0.1) is 0 Å². The number of cyclic esters (lactones) is 1. The predicted molar refractivity (Wildman–Crippen MR) is 56.7 cm³/mol. The molecule has 1 aromatic rings. The molecule has 8 heteroatoms. The number of rotatable bonds is 2. The second-order valence-corrected chi connectivity index (χ2v) is 3.84. The van der Waals surface area contributed by atoms with Gasteiger partial charge in [0.15, 0.2) is 0 Å². The third-order valence-corrected chi connectivity index (χ3v) is 2.59. The molecule has 1 fully saturated rings. The van der Waals surface area contributed by atoms with E-state index in [1.807, 2.05) is 0 Å². The smallest absolute Gasteiger partial charge is 0.418 e. The number of aliphatic carboxylic acids is 1. The molecular weight excluding hydrogens is 267 g/mol. The average Bonchev–Trinajstić information content (AvgIpc) is 2.70. The number of benzene rings is 1. The molecule has 0 saturated carbocycles. The Morgan fingerprint density at radius 1 is 1.37 bits per heavy atom. The first-order chi connectivity index (χ1) is 8.80. The van der Waals surface area contributed by atoms with Gasteiger partial charge in [0.05, 0.1) is 17.8 Å². The van der Waals surface area contributed by atoms with Crippen LogP contribution >= 0.6 is 0 Å². The normalized spacial score (nSPS) is 19.4. The van der Waals surface area contributed by atoms with Crippen molar-refractivity contribution >= 4 is 17.7 Å². The van der Waals surface area contributed by atoms with Crippen molar-refractivity contribution in [2.75, 3.05) is 11.4 Å². The average molecular weight is 275 g/mol. The number of ether oxygens (including phenoxy) is 1. The number of carboxylic acid groups (broad SMARTS) is 1. The number of nitrogens with zero attached hydrogens (tertiary/aromatic N) is 1. The second kappa shape index (κ2) is 4.45. The van der Waals surface area contributed by atoms with E-state index in [0.717, 1.165) is 12.1 Å². The summed E-state index contributed by atoms with van der Waals surface area (Å²) in [6, 6.07) is 4.42. The number of anilines is 1. The van der Waals surface area contributed by atoms with Crippen LogP contribution in [0.5, 0.6) is 0 Å². The summed E-state index contributed by atoms with van der Waals surface area (Å²) in [5, 5.41) is 8.70. The predicted octanol–water partition coefficient (Wildman–Crippen LogP) is 2.12. The van der Waals surface area contributed by atoms with E-state index < -0.39 is 42.1 Å². The summed E-state index contributed by atoms with van der Waals surface area (Å²) in [5.74, 6) is -1.40. The minimum Gasteiger partial charge on any atom is -0.478 e. The molecule has 1 aliphatic rings. The van der Waals surface area contributed by atoms with Crippen LogP contribution in [0.2, 0.25) is 0 Å². The van der Waals surface area contributed by atoms with Crippen molar-refractivity contribution < 1.29 is 32.6 Å². The van der Waals surface area contributed by atoms with Crippen LogP contribution in [-0.4, -0.2) is 29.8 Å². The molecule has 19 heavy (non-hydrogen) atoms. The summed E-state index contributed by atoms with van der Waals surface area (Å²) in [6.07, 6.45) is -7.21. The van der Waals surface area contributed by atoms with E-state index in [2.05, 4.69) is 4.74 Å². The van der Waals surface area contributed by atoms with Crippen LogP contribution in [-0.2, 0) is 15.7 Å². The molecule has 0 aromatic heterocycles. The van der Waals surface area contributed by atoms with E-state index in [9.17, 15) is 22.8 Å². The Morgan fingerprint density at radius 2 is 2.00 bits per heavy atom. The zero-order valence-corrected chi connectivity index (χ0v) is 9.35. The number of halogens is 3. The maximum absolute atomic E-state index is 12.8. The monoisotopic (exact) mass is 275 g/mol. The first-order valence-electron chi connectivity index (χ1n) is 5.18. The van der Waals surface area contributed by atoms with Crippen molar-refractivity contribution in [1.29, 1.82) is 0 Å². The van der Waals surface area contributed by atoms with Crippen molar-refractivity contribution in [3.8, 4) is 0 Å². The fourth-order valence-corrected chi connectivity index (χ4v) is 1.74. The van der Waals surface area contributed by atoms with Gasteiger partial charge in [-0.2, -0.15) is 13.2 Å². The summed E-state index contributed by atoms with van der Waals surface area (Å²) in [6.45, 7) is -0.457. The fourth-order valence-electron chi connectivity index (χ4n) is 1.74. The van der Waals surface area contributed by atoms with Gasteiger partial charge in [-0.15, -0.1) is 0 Å². The third kappa shape index (κ3) is 2.47. The highest BCUT2D eigenvalue weighted by molar-refractivity contribution is 5.94. The van der Waals surface area contributed by atoms with Crippen molar-refractivity contribution in [2.45, 2.75) is 12.3 Å². The van der Waals surface area contributed by atoms with E-state index in [1.165, 1.54) is 12.1 Å². The van der Waals surface area contributed by atoms with Gasteiger partial charge in [-0.25, -0.2) is 9.59 Å². The Labute approximate surface area is 105 Å². The lowest BCUT2D eigenvalue weighted by atomic mass is 10.1.